The molecule has 1 atom stereocenters. The quantitative estimate of drug-likeness (QED) is 0.469. The van der Waals surface area contributed by atoms with Gasteiger partial charge in [0.2, 0.25) is 0 Å². The molecule has 2 aliphatic rings. The molecule has 4 aromatic rings. The summed E-state index contributed by atoms with van der Waals surface area (Å²) in [5.41, 5.74) is 1.14. The number of carboxylic acid groups (broad SMARTS) is 1. The Labute approximate surface area is 184 Å². The third-order valence-corrected chi connectivity index (χ3v) is 5.79. The molecule has 6 rings (SSSR count). The number of benzene rings is 1. The van der Waals surface area contributed by atoms with E-state index >= 15 is 0 Å². The highest BCUT2D eigenvalue weighted by molar-refractivity contribution is 5.90. The van der Waals surface area contributed by atoms with Crippen LogP contribution < -0.4 is 14.4 Å². The van der Waals surface area contributed by atoms with Gasteiger partial charge in [0.05, 0.1) is 37.4 Å². The van der Waals surface area contributed by atoms with Crippen LogP contribution in [0.25, 0.3) is 16.9 Å². The molecule has 0 radical (unpaired) electrons. The Kier molecular flexibility index (Phi) is 4.15. The summed E-state index contributed by atoms with van der Waals surface area (Å²) in [7, 11) is 0. The molecule has 0 saturated carbocycles. The number of aromatic nitrogens is 5. The SMILES string of the molecule is O=C(O)N1Cc2c(F)ccc3c2[C@@H](CO3)COc2cc(-c3ncncc3F)c3nncn3c21. The molecule has 33 heavy (non-hydrogen) atoms. The van der Waals surface area contributed by atoms with Crippen molar-refractivity contribution in [3.05, 3.63) is 59.8 Å². The number of amides is 1. The van der Waals surface area contributed by atoms with Crippen molar-refractivity contribution in [2.24, 2.45) is 0 Å². The Morgan fingerprint density at radius 2 is 1.97 bits per heavy atom. The highest BCUT2D eigenvalue weighted by Gasteiger charge is 2.35. The minimum Gasteiger partial charge on any atom is -0.493 e. The van der Waals surface area contributed by atoms with E-state index in [9.17, 15) is 18.7 Å². The minimum atomic E-state index is -1.34. The van der Waals surface area contributed by atoms with Crippen molar-refractivity contribution in [3.63, 3.8) is 0 Å². The van der Waals surface area contributed by atoms with Crippen LogP contribution in [0.1, 0.15) is 17.0 Å². The maximum Gasteiger partial charge on any atom is 0.413 e. The van der Waals surface area contributed by atoms with Gasteiger partial charge in [-0.05, 0) is 18.2 Å². The normalized spacial score (nSPS) is 16.8. The summed E-state index contributed by atoms with van der Waals surface area (Å²) in [6, 6.07) is 4.24. The van der Waals surface area contributed by atoms with Crippen LogP contribution in [0.2, 0.25) is 0 Å². The van der Waals surface area contributed by atoms with Crippen LogP contribution >= 0.6 is 0 Å². The summed E-state index contributed by atoms with van der Waals surface area (Å²) in [5.74, 6) is -0.863. The third kappa shape index (κ3) is 2.87. The molecule has 0 bridgehead atoms. The number of ether oxygens (including phenoxy) is 2. The Hall–Kier alpha value is -4.35. The zero-order valence-corrected chi connectivity index (χ0v) is 16.8. The van der Waals surface area contributed by atoms with E-state index in [-0.39, 0.29) is 59.7 Å². The summed E-state index contributed by atoms with van der Waals surface area (Å²) >= 11 is 0. The zero-order chi connectivity index (χ0) is 22.7. The van der Waals surface area contributed by atoms with Crippen LogP contribution in [0.4, 0.5) is 19.4 Å². The predicted octanol–water partition coefficient (Wildman–Crippen LogP) is 3.02. The van der Waals surface area contributed by atoms with Gasteiger partial charge in [-0.15, -0.1) is 10.2 Å². The van der Waals surface area contributed by atoms with Gasteiger partial charge < -0.3 is 14.6 Å². The van der Waals surface area contributed by atoms with E-state index in [2.05, 4.69) is 20.2 Å². The molecule has 10 nitrogen and oxygen atoms in total. The molecule has 3 aromatic heterocycles. The number of anilines is 1. The molecule has 0 aliphatic carbocycles. The molecular weight excluding hydrogens is 438 g/mol. The summed E-state index contributed by atoms with van der Waals surface area (Å²) in [5, 5.41) is 18.0. The zero-order valence-electron chi connectivity index (χ0n) is 16.8. The molecule has 1 amide bonds. The van der Waals surface area contributed by atoms with Gasteiger partial charge in [0.25, 0.3) is 0 Å². The number of nitrogens with zero attached hydrogens (tertiary/aromatic N) is 6. The second-order valence-electron chi connectivity index (χ2n) is 7.62. The minimum absolute atomic E-state index is 0.0445. The van der Waals surface area contributed by atoms with Gasteiger partial charge in [-0.1, -0.05) is 0 Å². The van der Waals surface area contributed by atoms with Crippen LogP contribution in [0, 0.1) is 11.6 Å². The lowest BCUT2D eigenvalue weighted by Gasteiger charge is -2.23. The molecule has 5 heterocycles. The summed E-state index contributed by atoms with van der Waals surface area (Å²) in [6.07, 6.45) is 2.14. The van der Waals surface area contributed by atoms with E-state index in [0.717, 1.165) is 11.1 Å². The van der Waals surface area contributed by atoms with E-state index < -0.39 is 17.7 Å². The first-order chi connectivity index (χ1) is 16.0. The fourth-order valence-electron chi connectivity index (χ4n) is 4.34. The van der Waals surface area contributed by atoms with Crippen molar-refractivity contribution >= 4 is 17.6 Å². The van der Waals surface area contributed by atoms with Crippen molar-refractivity contribution in [2.45, 2.75) is 12.5 Å². The molecule has 1 aromatic carbocycles. The monoisotopic (exact) mass is 452 g/mol. The van der Waals surface area contributed by atoms with E-state index in [0.29, 0.717) is 11.3 Å². The van der Waals surface area contributed by atoms with Crippen molar-refractivity contribution in [1.82, 2.24) is 24.6 Å². The van der Waals surface area contributed by atoms with E-state index in [1.54, 1.807) is 0 Å². The van der Waals surface area contributed by atoms with Crippen LogP contribution in [0.15, 0.2) is 37.1 Å². The number of hydrogen-bond acceptors (Lipinski definition) is 7. The number of rotatable bonds is 1. The Morgan fingerprint density at radius 1 is 1.15 bits per heavy atom. The Morgan fingerprint density at radius 3 is 2.76 bits per heavy atom. The Balaban J connectivity index is 1.62. The van der Waals surface area contributed by atoms with Crippen molar-refractivity contribution in [1.29, 1.82) is 0 Å². The fourth-order valence-corrected chi connectivity index (χ4v) is 4.34. The first kappa shape index (κ1) is 19.3. The lowest BCUT2D eigenvalue weighted by Crippen LogP contribution is -2.31. The molecule has 0 fully saturated rings. The van der Waals surface area contributed by atoms with Gasteiger partial charge in [-0.2, -0.15) is 0 Å². The average molecular weight is 452 g/mol. The number of carbonyl (C=O) groups is 1. The topological polar surface area (TPSA) is 115 Å². The lowest BCUT2D eigenvalue weighted by molar-refractivity contribution is 0.200. The standard InChI is InChI=1S/C21H14F2N6O4/c22-13-1-2-15-17-10(6-32-15)7-33-16-3-11(18-14(23)4-24-8-25-18)19-27-26-9-29(19)20(16)28(21(30)31)5-12(13)17/h1-4,8-10H,5-7H2,(H,30,31)/t10-/m0/s1. The van der Waals surface area contributed by atoms with Crippen molar-refractivity contribution < 1.29 is 28.2 Å². The largest absolute Gasteiger partial charge is 0.493 e. The maximum atomic E-state index is 14.9. The summed E-state index contributed by atoms with van der Waals surface area (Å²) in [4.78, 5) is 21.0. The fraction of sp³-hybridized carbons (Fsp3) is 0.190. The second-order valence-corrected chi connectivity index (χ2v) is 7.62. The molecule has 2 aliphatic heterocycles. The van der Waals surface area contributed by atoms with Crippen LogP contribution in [0.5, 0.6) is 11.5 Å². The van der Waals surface area contributed by atoms with Crippen molar-refractivity contribution in [3.8, 4) is 22.8 Å². The summed E-state index contributed by atoms with van der Waals surface area (Å²) < 4.78 is 42.5. The molecule has 0 unspecified atom stereocenters. The predicted molar refractivity (Wildman–Crippen MR) is 108 cm³/mol. The van der Waals surface area contributed by atoms with Gasteiger partial charge in [0.15, 0.2) is 23.0 Å². The first-order valence-electron chi connectivity index (χ1n) is 9.93. The van der Waals surface area contributed by atoms with Gasteiger partial charge in [0.1, 0.15) is 29.9 Å². The van der Waals surface area contributed by atoms with Gasteiger partial charge >= 0.3 is 6.09 Å². The highest BCUT2D eigenvalue weighted by Crippen LogP contribution is 2.43. The van der Waals surface area contributed by atoms with Crippen LogP contribution in [-0.2, 0) is 6.54 Å². The number of pyridine rings is 1. The van der Waals surface area contributed by atoms with Crippen molar-refractivity contribution in [2.75, 3.05) is 18.1 Å². The van der Waals surface area contributed by atoms with Crippen LogP contribution in [0.3, 0.4) is 0 Å². The molecule has 166 valence electrons. The molecule has 0 spiro atoms. The Bertz CT molecular complexity index is 1440. The number of fused-ring (bicyclic) bond motifs is 3. The molecule has 12 heteroatoms. The molecule has 0 saturated heterocycles. The van der Waals surface area contributed by atoms with E-state index in [4.69, 9.17) is 9.47 Å². The average Bonchev–Trinajstić information content (AvgIpc) is 3.45. The van der Waals surface area contributed by atoms with E-state index in [1.165, 1.54) is 35.3 Å². The smallest absolute Gasteiger partial charge is 0.413 e. The number of hydrogen-bond donors (Lipinski definition) is 1. The maximum absolute atomic E-state index is 14.9. The highest BCUT2D eigenvalue weighted by atomic mass is 19.1. The lowest BCUT2D eigenvalue weighted by atomic mass is 9.95. The molecule has 1 N–H and O–H groups in total. The summed E-state index contributed by atoms with van der Waals surface area (Å²) in [6.45, 7) is 0.0504. The third-order valence-electron chi connectivity index (χ3n) is 5.79. The number of halogens is 2. The second kappa shape index (κ2) is 7.08. The van der Waals surface area contributed by atoms with Gasteiger partial charge in [0, 0.05) is 11.1 Å². The first-order valence-corrected chi connectivity index (χ1v) is 9.93. The van der Waals surface area contributed by atoms with Crippen LogP contribution in [-0.4, -0.2) is 49.0 Å². The van der Waals surface area contributed by atoms with Gasteiger partial charge in [-0.3, -0.25) is 9.30 Å². The van der Waals surface area contributed by atoms with Gasteiger partial charge in [-0.25, -0.2) is 23.5 Å². The molecular formula is C21H14F2N6O4. The van der Waals surface area contributed by atoms with E-state index in [1.807, 2.05) is 0 Å².